The quantitative estimate of drug-likeness (QED) is 0.394. The largest absolute Gasteiger partial charge is 0.492 e. The molecule has 0 saturated carbocycles. The fraction of sp³-hybridized carbons (Fsp3) is 0.241. The van der Waals surface area contributed by atoms with E-state index in [1.165, 1.54) is 0 Å². The number of ether oxygens (including phenoxy) is 1. The number of nitrogens with zero attached hydrogens (tertiary/aromatic N) is 6. The lowest BCUT2D eigenvalue weighted by molar-refractivity contribution is 0.0746. The monoisotopic (exact) mass is 490 g/mol. The minimum atomic E-state index is -0.00763. The number of benzene rings is 1. The molecule has 4 aromatic rings. The van der Waals surface area contributed by atoms with E-state index in [1.807, 2.05) is 49.1 Å². The highest BCUT2D eigenvalue weighted by Gasteiger charge is 2.23. The van der Waals surface area contributed by atoms with Crippen LogP contribution in [0, 0.1) is 30.6 Å². The average Bonchev–Trinajstić information content (AvgIpc) is 3.36. The molecule has 3 aromatic heterocycles. The third-order valence-corrected chi connectivity index (χ3v) is 6.61. The lowest BCUT2D eigenvalue weighted by Crippen LogP contribution is -2.49. The number of piperazine rings is 1. The zero-order valence-electron chi connectivity index (χ0n) is 20.8. The van der Waals surface area contributed by atoms with Gasteiger partial charge in [0.2, 0.25) is 0 Å². The molecule has 0 aliphatic carbocycles. The average molecular weight is 491 g/mol. The summed E-state index contributed by atoms with van der Waals surface area (Å²) in [5.74, 6) is 4.15. The molecule has 1 fully saturated rings. The van der Waals surface area contributed by atoms with E-state index in [0.29, 0.717) is 49.7 Å². The molecule has 0 bridgehead atoms. The molecule has 1 aliphatic heterocycles. The first kappa shape index (κ1) is 23.9. The Morgan fingerprint density at radius 1 is 1.11 bits per heavy atom. The summed E-state index contributed by atoms with van der Waals surface area (Å²) in [6.07, 6.45) is 10.7. The van der Waals surface area contributed by atoms with Crippen molar-refractivity contribution >= 4 is 17.2 Å². The van der Waals surface area contributed by atoms with Crippen molar-refractivity contribution in [1.82, 2.24) is 19.5 Å². The molecule has 0 radical (unpaired) electrons. The van der Waals surface area contributed by atoms with Gasteiger partial charge in [0, 0.05) is 54.6 Å². The second-order valence-electron chi connectivity index (χ2n) is 8.84. The Bertz CT molecular complexity index is 1550. The molecule has 1 saturated heterocycles. The molecule has 5 rings (SSSR count). The number of carbonyl (C=O) groups excluding carboxylic acids is 1. The zero-order chi connectivity index (χ0) is 25.9. The van der Waals surface area contributed by atoms with Crippen molar-refractivity contribution in [3.63, 3.8) is 0 Å². The number of aromatic nitrogens is 3. The normalized spacial score (nSPS) is 13.3. The van der Waals surface area contributed by atoms with Crippen molar-refractivity contribution in [2.75, 3.05) is 37.7 Å². The molecule has 0 N–H and O–H groups in total. The molecule has 8 nitrogen and oxygen atoms in total. The molecular formula is C29H26N6O2. The fourth-order valence-electron chi connectivity index (χ4n) is 4.61. The van der Waals surface area contributed by atoms with Gasteiger partial charge in [-0.25, -0.2) is 9.50 Å². The Morgan fingerprint density at radius 2 is 1.92 bits per heavy atom. The molecule has 0 atom stereocenters. The van der Waals surface area contributed by atoms with Crippen LogP contribution in [0.25, 0.3) is 16.6 Å². The van der Waals surface area contributed by atoms with Crippen LogP contribution >= 0.6 is 0 Å². The van der Waals surface area contributed by atoms with Gasteiger partial charge in [0.15, 0.2) is 0 Å². The fourth-order valence-corrected chi connectivity index (χ4v) is 4.61. The van der Waals surface area contributed by atoms with Crippen molar-refractivity contribution in [2.24, 2.45) is 0 Å². The number of aryl methyl sites for hydroxylation is 1. The maximum Gasteiger partial charge on any atom is 0.254 e. The maximum absolute atomic E-state index is 13.0. The summed E-state index contributed by atoms with van der Waals surface area (Å²) in [4.78, 5) is 21.8. The minimum absolute atomic E-state index is 0.00763. The van der Waals surface area contributed by atoms with Gasteiger partial charge in [-0.15, -0.1) is 6.42 Å². The summed E-state index contributed by atoms with van der Waals surface area (Å²) in [7, 11) is 0. The van der Waals surface area contributed by atoms with Crippen LogP contribution < -0.4 is 9.64 Å². The Hall–Kier alpha value is -4.82. The van der Waals surface area contributed by atoms with Crippen LogP contribution in [0.15, 0.2) is 55.0 Å². The summed E-state index contributed by atoms with van der Waals surface area (Å²) in [5.41, 5.74) is 5.26. The predicted octanol–water partition coefficient (Wildman–Crippen LogP) is 3.92. The molecule has 1 amide bonds. The van der Waals surface area contributed by atoms with Gasteiger partial charge < -0.3 is 14.5 Å². The van der Waals surface area contributed by atoms with Crippen LogP contribution in [0.1, 0.15) is 34.0 Å². The molecule has 8 heteroatoms. The van der Waals surface area contributed by atoms with Crippen molar-refractivity contribution in [1.29, 1.82) is 5.26 Å². The molecule has 4 heterocycles. The summed E-state index contributed by atoms with van der Waals surface area (Å²) in [6, 6.07) is 13.6. The number of rotatable bonds is 5. The molecule has 37 heavy (non-hydrogen) atoms. The van der Waals surface area contributed by atoms with Crippen LogP contribution in [-0.2, 0) is 0 Å². The van der Waals surface area contributed by atoms with Crippen molar-refractivity contribution in [2.45, 2.75) is 13.8 Å². The van der Waals surface area contributed by atoms with Crippen LogP contribution in [0.4, 0.5) is 5.82 Å². The number of amides is 1. The van der Waals surface area contributed by atoms with E-state index >= 15 is 0 Å². The van der Waals surface area contributed by atoms with E-state index in [2.05, 4.69) is 22.0 Å². The number of hydrogen-bond acceptors (Lipinski definition) is 6. The molecule has 0 unspecified atom stereocenters. The number of nitriles is 1. The third-order valence-electron chi connectivity index (χ3n) is 6.61. The van der Waals surface area contributed by atoms with Gasteiger partial charge in [-0.2, -0.15) is 10.4 Å². The highest BCUT2D eigenvalue weighted by Crippen LogP contribution is 2.31. The van der Waals surface area contributed by atoms with Gasteiger partial charge in [0.1, 0.15) is 17.6 Å². The maximum atomic E-state index is 13.0. The Kier molecular flexibility index (Phi) is 6.49. The smallest absolute Gasteiger partial charge is 0.254 e. The number of anilines is 1. The van der Waals surface area contributed by atoms with E-state index in [0.717, 1.165) is 33.6 Å². The molecule has 1 aromatic carbocycles. The van der Waals surface area contributed by atoms with Crippen LogP contribution in [0.5, 0.6) is 5.75 Å². The topological polar surface area (TPSA) is 86.8 Å². The van der Waals surface area contributed by atoms with Crippen molar-refractivity contribution < 1.29 is 9.53 Å². The first-order valence-corrected chi connectivity index (χ1v) is 12.1. The van der Waals surface area contributed by atoms with E-state index in [1.54, 1.807) is 29.2 Å². The summed E-state index contributed by atoms with van der Waals surface area (Å²) < 4.78 is 7.37. The van der Waals surface area contributed by atoms with E-state index in [9.17, 15) is 10.1 Å². The van der Waals surface area contributed by atoms with Crippen LogP contribution in [0.3, 0.4) is 0 Å². The molecule has 184 valence electrons. The SMILES string of the molecule is C#Cc1cc(C(=O)N2CCN(c3ccc(-c4cc(OCC)cn5ncc(C#N)c45)cn3)CC2)ccc1C. The Labute approximate surface area is 215 Å². The number of hydrogen-bond donors (Lipinski definition) is 0. The minimum Gasteiger partial charge on any atom is -0.492 e. The van der Waals surface area contributed by atoms with Gasteiger partial charge in [0.05, 0.1) is 30.1 Å². The summed E-state index contributed by atoms with van der Waals surface area (Å²) >= 11 is 0. The number of carbonyl (C=O) groups is 1. The molecule has 1 aliphatic rings. The summed E-state index contributed by atoms with van der Waals surface area (Å²) in [5, 5.41) is 13.9. The van der Waals surface area contributed by atoms with Crippen molar-refractivity contribution in [3.8, 4) is 35.3 Å². The van der Waals surface area contributed by atoms with E-state index in [-0.39, 0.29) is 5.91 Å². The standard InChI is InChI=1S/C29H26N6O2/c1-4-21-14-22(7-6-20(21)3)29(36)34-12-10-33(11-13-34)27-9-8-23(17-31-27)26-15-25(37-5-2)19-35-28(26)24(16-30)18-32-35/h1,6-9,14-15,17-19H,5,10-13H2,2-3H3. The van der Waals surface area contributed by atoms with Crippen LogP contribution in [0.2, 0.25) is 0 Å². The lowest BCUT2D eigenvalue weighted by atomic mass is 10.0. The second kappa shape index (κ2) is 10.0. The number of terminal acetylenes is 1. The molecular weight excluding hydrogens is 464 g/mol. The van der Waals surface area contributed by atoms with Crippen LogP contribution in [-0.4, -0.2) is 58.2 Å². The Morgan fingerprint density at radius 3 is 2.59 bits per heavy atom. The van der Waals surface area contributed by atoms with Crippen molar-refractivity contribution in [3.05, 3.63) is 77.2 Å². The van der Waals surface area contributed by atoms with E-state index in [4.69, 9.17) is 16.1 Å². The van der Waals surface area contributed by atoms with Gasteiger partial charge in [-0.3, -0.25) is 4.79 Å². The number of pyridine rings is 2. The summed E-state index contributed by atoms with van der Waals surface area (Å²) in [6.45, 7) is 6.94. The highest BCUT2D eigenvalue weighted by atomic mass is 16.5. The first-order chi connectivity index (χ1) is 18.0. The van der Waals surface area contributed by atoms with Gasteiger partial charge in [-0.1, -0.05) is 12.0 Å². The third kappa shape index (κ3) is 4.57. The van der Waals surface area contributed by atoms with Gasteiger partial charge in [0.25, 0.3) is 5.91 Å². The Balaban J connectivity index is 1.33. The lowest BCUT2D eigenvalue weighted by Gasteiger charge is -2.35. The number of fused-ring (bicyclic) bond motifs is 1. The van der Waals surface area contributed by atoms with Gasteiger partial charge >= 0.3 is 0 Å². The highest BCUT2D eigenvalue weighted by molar-refractivity contribution is 5.95. The predicted molar refractivity (Wildman–Crippen MR) is 142 cm³/mol. The van der Waals surface area contributed by atoms with Gasteiger partial charge in [-0.05, 0) is 49.7 Å². The first-order valence-electron chi connectivity index (χ1n) is 12.1. The second-order valence-corrected chi connectivity index (χ2v) is 8.84. The van der Waals surface area contributed by atoms with E-state index < -0.39 is 0 Å². The zero-order valence-corrected chi connectivity index (χ0v) is 20.8. The molecule has 0 spiro atoms.